The molecule has 0 radical (unpaired) electrons. The van der Waals surface area contributed by atoms with Crippen LogP contribution < -0.4 is 0 Å². The Bertz CT molecular complexity index is 1090. The average molecular weight is 527 g/mol. The molecule has 7 nitrogen and oxygen atoms in total. The first-order chi connectivity index (χ1) is 18.6. The molecule has 8 heteroatoms. The van der Waals surface area contributed by atoms with Crippen LogP contribution in [-0.4, -0.2) is 66.1 Å². The van der Waals surface area contributed by atoms with Crippen molar-refractivity contribution in [1.82, 2.24) is 9.88 Å². The molecular formula is C30H39FN2O5. The summed E-state index contributed by atoms with van der Waals surface area (Å²) >= 11 is 0. The number of aryl methyl sites for hydroxylation is 3. The molecule has 1 N–H and O–H groups in total. The van der Waals surface area contributed by atoms with Crippen molar-refractivity contribution in [2.45, 2.75) is 82.6 Å². The van der Waals surface area contributed by atoms with Gasteiger partial charge in [0, 0.05) is 43.3 Å². The summed E-state index contributed by atoms with van der Waals surface area (Å²) in [6.45, 7) is 2.90. The maximum atomic E-state index is 14.8. The molecule has 2 aliphatic heterocycles. The first-order valence-electron chi connectivity index (χ1n) is 14.1. The Morgan fingerprint density at radius 2 is 2.03 bits per heavy atom. The summed E-state index contributed by atoms with van der Waals surface area (Å²) < 4.78 is 32.1. The number of ether oxygens (including phenoxy) is 3. The monoisotopic (exact) mass is 526 g/mol. The van der Waals surface area contributed by atoms with Crippen LogP contribution in [0.5, 0.6) is 0 Å². The standard InChI is InChI=1S/C30H39FN2O5/c31-27-9-5-8-25(26(27)20-38-24-14-17-36-19-24)29(30(34)35)33-15-13-23(18-33)37-16-4-3-7-22-12-11-21-6-1-2-10-28(21)32-22/h5,8-9,11-12,23-24,29H,1-4,6-7,10,13-20H2,(H,34,35)/t23-,24-,29?/m1/s1. The summed E-state index contributed by atoms with van der Waals surface area (Å²) in [4.78, 5) is 19.1. The predicted octanol–water partition coefficient (Wildman–Crippen LogP) is 4.64. The van der Waals surface area contributed by atoms with Gasteiger partial charge >= 0.3 is 5.97 Å². The van der Waals surface area contributed by atoms with Gasteiger partial charge in [0.1, 0.15) is 11.9 Å². The highest BCUT2D eigenvalue weighted by molar-refractivity contribution is 5.76. The number of carboxylic acids is 1. The number of unbranched alkanes of at least 4 members (excludes halogenated alkanes) is 1. The Balaban J connectivity index is 1.11. The molecule has 1 aliphatic carbocycles. The van der Waals surface area contributed by atoms with Crippen LogP contribution in [0.3, 0.4) is 0 Å². The van der Waals surface area contributed by atoms with E-state index in [-0.39, 0.29) is 18.8 Å². The molecule has 0 saturated carbocycles. The van der Waals surface area contributed by atoms with E-state index in [9.17, 15) is 14.3 Å². The number of nitrogens with zero attached hydrogens (tertiary/aromatic N) is 2. The van der Waals surface area contributed by atoms with E-state index in [0.29, 0.717) is 44.0 Å². The topological polar surface area (TPSA) is 81.1 Å². The van der Waals surface area contributed by atoms with Gasteiger partial charge in [0.2, 0.25) is 0 Å². The quantitative estimate of drug-likeness (QED) is 0.404. The van der Waals surface area contributed by atoms with Crippen molar-refractivity contribution < 1.29 is 28.5 Å². The number of rotatable bonds is 12. The van der Waals surface area contributed by atoms with Crippen LogP contribution in [0.1, 0.15) is 72.6 Å². The van der Waals surface area contributed by atoms with Crippen LogP contribution in [0.15, 0.2) is 30.3 Å². The second-order valence-corrected chi connectivity index (χ2v) is 10.7. The lowest BCUT2D eigenvalue weighted by molar-refractivity contribution is -0.143. The molecule has 206 valence electrons. The molecule has 38 heavy (non-hydrogen) atoms. The number of halogens is 1. The molecular weight excluding hydrogens is 487 g/mol. The molecule has 0 amide bonds. The lowest BCUT2D eigenvalue weighted by Gasteiger charge is -2.27. The second kappa shape index (κ2) is 13.1. The third-order valence-corrected chi connectivity index (χ3v) is 7.99. The summed E-state index contributed by atoms with van der Waals surface area (Å²) in [5.74, 6) is -1.42. The number of carboxylic acid groups (broad SMARTS) is 1. The Hall–Kier alpha value is -2.39. The normalized spacial score (nSPS) is 22.4. The molecule has 0 spiro atoms. The minimum Gasteiger partial charge on any atom is -0.480 e. The SMILES string of the molecule is O=C(O)C(c1cccc(F)c1CO[C@@H]1CCOC1)N1CC[C@@H](OCCCCc2ccc3c(n2)CCCC3)C1. The number of hydrogen-bond acceptors (Lipinski definition) is 6. The molecule has 2 saturated heterocycles. The van der Waals surface area contributed by atoms with Crippen molar-refractivity contribution >= 4 is 5.97 Å². The number of hydrogen-bond donors (Lipinski definition) is 1. The van der Waals surface area contributed by atoms with E-state index < -0.39 is 17.8 Å². The van der Waals surface area contributed by atoms with Crippen molar-refractivity contribution in [3.05, 3.63) is 64.2 Å². The summed E-state index contributed by atoms with van der Waals surface area (Å²) in [5, 5.41) is 10.1. The fraction of sp³-hybridized carbons (Fsp3) is 0.600. The van der Waals surface area contributed by atoms with E-state index in [1.807, 2.05) is 4.90 Å². The highest BCUT2D eigenvalue weighted by Crippen LogP contribution is 2.31. The molecule has 1 aromatic heterocycles. The fourth-order valence-corrected chi connectivity index (χ4v) is 5.86. The van der Waals surface area contributed by atoms with Gasteiger partial charge in [-0.1, -0.05) is 18.2 Å². The van der Waals surface area contributed by atoms with Crippen molar-refractivity contribution in [1.29, 1.82) is 0 Å². The lowest BCUT2D eigenvalue weighted by atomic mass is 9.95. The van der Waals surface area contributed by atoms with Crippen molar-refractivity contribution in [2.24, 2.45) is 0 Å². The minimum absolute atomic E-state index is 0.0254. The molecule has 3 atom stereocenters. The third-order valence-electron chi connectivity index (χ3n) is 7.99. The summed E-state index contributed by atoms with van der Waals surface area (Å²) in [6.07, 6.45) is 9.08. The minimum atomic E-state index is -0.987. The number of benzene rings is 1. The molecule has 2 fully saturated rings. The Labute approximate surface area is 224 Å². The predicted molar refractivity (Wildman–Crippen MR) is 141 cm³/mol. The van der Waals surface area contributed by atoms with Crippen molar-refractivity contribution in [2.75, 3.05) is 32.9 Å². The van der Waals surface area contributed by atoms with Crippen LogP contribution in [0.4, 0.5) is 4.39 Å². The fourth-order valence-electron chi connectivity index (χ4n) is 5.86. The number of likely N-dealkylation sites (tertiary alicyclic amines) is 1. The Kier molecular flexibility index (Phi) is 9.38. The molecule has 0 bridgehead atoms. The van der Waals surface area contributed by atoms with Gasteiger partial charge in [-0.3, -0.25) is 14.7 Å². The highest BCUT2D eigenvalue weighted by Gasteiger charge is 2.36. The van der Waals surface area contributed by atoms with Crippen molar-refractivity contribution in [3.63, 3.8) is 0 Å². The summed E-state index contributed by atoms with van der Waals surface area (Å²) in [5.41, 5.74) is 4.62. The number of carbonyl (C=O) groups is 1. The average Bonchev–Trinajstić information content (AvgIpc) is 3.61. The lowest BCUT2D eigenvalue weighted by Crippen LogP contribution is -2.34. The highest BCUT2D eigenvalue weighted by atomic mass is 19.1. The van der Waals surface area contributed by atoms with E-state index in [0.717, 1.165) is 50.6 Å². The van der Waals surface area contributed by atoms with Crippen LogP contribution in [-0.2, 0) is 44.9 Å². The zero-order chi connectivity index (χ0) is 26.3. The van der Waals surface area contributed by atoms with Crippen LogP contribution in [0, 0.1) is 5.82 Å². The number of pyridine rings is 1. The number of aromatic nitrogens is 1. The van der Waals surface area contributed by atoms with Gasteiger partial charge in [-0.25, -0.2) is 4.39 Å². The first kappa shape index (κ1) is 27.2. The molecule has 2 aromatic rings. The van der Waals surface area contributed by atoms with Crippen LogP contribution >= 0.6 is 0 Å². The first-order valence-corrected chi connectivity index (χ1v) is 14.1. The maximum absolute atomic E-state index is 14.8. The van der Waals surface area contributed by atoms with E-state index in [2.05, 4.69) is 12.1 Å². The van der Waals surface area contributed by atoms with Gasteiger partial charge in [0.05, 0.1) is 25.4 Å². The Morgan fingerprint density at radius 3 is 2.87 bits per heavy atom. The largest absolute Gasteiger partial charge is 0.480 e. The molecule has 3 heterocycles. The Morgan fingerprint density at radius 1 is 1.13 bits per heavy atom. The van der Waals surface area contributed by atoms with Crippen LogP contribution in [0.2, 0.25) is 0 Å². The van der Waals surface area contributed by atoms with E-state index >= 15 is 0 Å². The van der Waals surface area contributed by atoms with Gasteiger partial charge in [0.25, 0.3) is 0 Å². The molecule has 1 unspecified atom stereocenters. The molecule has 1 aromatic carbocycles. The third kappa shape index (κ3) is 6.78. The van der Waals surface area contributed by atoms with Crippen molar-refractivity contribution in [3.8, 4) is 0 Å². The molecule has 5 rings (SSSR count). The van der Waals surface area contributed by atoms with Crippen LogP contribution in [0.25, 0.3) is 0 Å². The van der Waals surface area contributed by atoms with E-state index in [4.69, 9.17) is 19.2 Å². The van der Waals surface area contributed by atoms with Gasteiger partial charge in [-0.15, -0.1) is 0 Å². The number of aliphatic carboxylic acids is 1. The van der Waals surface area contributed by atoms with E-state index in [1.165, 1.54) is 30.2 Å². The molecule has 3 aliphatic rings. The zero-order valence-corrected chi connectivity index (χ0v) is 22.1. The maximum Gasteiger partial charge on any atom is 0.325 e. The van der Waals surface area contributed by atoms with Gasteiger partial charge < -0.3 is 19.3 Å². The van der Waals surface area contributed by atoms with Gasteiger partial charge in [0.15, 0.2) is 0 Å². The zero-order valence-electron chi connectivity index (χ0n) is 22.1. The summed E-state index contributed by atoms with van der Waals surface area (Å²) in [6, 6.07) is 8.12. The second-order valence-electron chi connectivity index (χ2n) is 10.7. The number of fused-ring (bicyclic) bond motifs is 1. The smallest absolute Gasteiger partial charge is 0.325 e. The van der Waals surface area contributed by atoms with Gasteiger partial charge in [-0.2, -0.15) is 0 Å². The summed E-state index contributed by atoms with van der Waals surface area (Å²) in [7, 11) is 0. The van der Waals surface area contributed by atoms with Gasteiger partial charge in [-0.05, 0) is 81.0 Å². The van der Waals surface area contributed by atoms with E-state index in [1.54, 1.807) is 12.1 Å².